The van der Waals surface area contributed by atoms with Crippen LogP contribution in [0.5, 0.6) is 23.3 Å². The molecule has 0 fully saturated rings. The van der Waals surface area contributed by atoms with Gasteiger partial charge in [-0.15, -0.1) is 0 Å². The van der Waals surface area contributed by atoms with Gasteiger partial charge in [-0.2, -0.15) is 31.6 Å². The second kappa shape index (κ2) is 18.5. The highest BCUT2D eigenvalue weighted by Gasteiger charge is 2.32. The number of alkyl halides is 3. The van der Waals surface area contributed by atoms with Gasteiger partial charge in [0.15, 0.2) is 6.10 Å². The Morgan fingerprint density at radius 3 is 2.09 bits per heavy atom. The number of hydrogen-bond donors (Lipinski definition) is 2. The van der Waals surface area contributed by atoms with E-state index in [1.165, 1.54) is 31.9 Å². The Morgan fingerprint density at radius 2 is 1.61 bits per heavy atom. The maximum Gasteiger partial charge on any atom is 0.416 e. The zero-order chi connectivity index (χ0) is 41.2. The molecule has 26 heteroatoms. The lowest BCUT2D eigenvalue weighted by atomic mass is 10.1. The van der Waals surface area contributed by atoms with Crippen molar-refractivity contribution >= 4 is 61.4 Å². The number of nitrogens with zero attached hydrogens (tertiary/aromatic N) is 4. The van der Waals surface area contributed by atoms with Gasteiger partial charge in [0.1, 0.15) is 17.1 Å². The van der Waals surface area contributed by atoms with Crippen LogP contribution in [0.3, 0.4) is 0 Å². The van der Waals surface area contributed by atoms with Gasteiger partial charge >= 0.3 is 34.4 Å². The first-order valence-corrected chi connectivity index (χ1v) is 18.1. The maximum atomic E-state index is 12.8. The van der Waals surface area contributed by atoms with E-state index < -0.39 is 72.2 Å². The molecular formula is C28H30ClF3N6O14S2. The molecule has 0 saturated carbocycles. The van der Waals surface area contributed by atoms with Gasteiger partial charge in [-0.3, -0.25) is 15.4 Å². The maximum absolute atomic E-state index is 12.8. The van der Waals surface area contributed by atoms with Gasteiger partial charge < -0.3 is 23.7 Å². The summed E-state index contributed by atoms with van der Waals surface area (Å²) >= 11 is 5.83. The number of anilines is 1. The quantitative estimate of drug-likeness (QED) is 0.140. The molecule has 0 aliphatic heterocycles. The number of amides is 2. The first-order chi connectivity index (χ1) is 24.9. The van der Waals surface area contributed by atoms with E-state index in [9.17, 15) is 54.5 Å². The Balaban J connectivity index is 0.000000391. The lowest BCUT2D eigenvalue weighted by Gasteiger charge is -2.15. The second-order valence-corrected chi connectivity index (χ2v) is 14.3. The van der Waals surface area contributed by atoms with E-state index in [-0.39, 0.29) is 44.5 Å². The van der Waals surface area contributed by atoms with E-state index in [2.05, 4.69) is 9.97 Å². The summed E-state index contributed by atoms with van der Waals surface area (Å²) in [5.41, 5.74) is -2.17. The van der Waals surface area contributed by atoms with Gasteiger partial charge in [-0.05, 0) is 38.1 Å². The summed E-state index contributed by atoms with van der Waals surface area (Å²) in [7, 11) is -5.27. The highest BCUT2D eigenvalue weighted by molar-refractivity contribution is 8.03. The summed E-state index contributed by atoms with van der Waals surface area (Å²) in [5.74, 6) is -2.55. The number of rotatable bonds is 13. The van der Waals surface area contributed by atoms with Gasteiger partial charge in [0.25, 0.3) is 5.69 Å². The molecule has 1 heterocycles. The van der Waals surface area contributed by atoms with Crippen molar-refractivity contribution in [2.45, 2.75) is 26.1 Å². The van der Waals surface area contributed by atoms with Crippen LogP contribution in [0.1, 0.15) is 29.8 Å². The number of nitrogens with one attached hydrogen (secondary N) is 2. The smallest absolute Gasteiger partial charge is 0.416 e. The van der Waals surface area contributed by atoms with Crippen LogP contribution in [0, 0.1) is 10.1 Å². The molecule has 0 radical (unpaired) electrons. The Hall–Kier alpha value is -5.53. The minimum absolute atomic E-state index is 0.00654. The fourth-order valence-electron chi connectivity index (χ4n) is 3.48. The minimum Gasteiger partial charge on any atom is -0.481 e. The fraction of sp³-hybridized carbons (Fsp3) is 0.321. The number of urea groups is 1. The molecule has 3 aromatic rings. The van der Waals surface area contributed by atoms with Crippen molar-refractivity contribution in [1.29, 1.82) is 0 Å². The normalized spacial score (nSPS) is 12.0. The highest BCUT2D eigenvalue weighted by atomic mass is 35.5. The van der Waals surface area contributed by atoms with E-state index in [0.717, 1.165) is 37.4 Å². The topological polar surface area (TPSA) is 262 Å². The predicted octanol–water partition coefficient (Wildman–Crippen LogP) is 3.92. The standard InChI is InChI=1S/C19H15ClF3NO7.C9H15N5O7S2/c1-3-29-17(25)10(2)30-18(26)13-9-12(5-6-15(13)24(27)28)31-16-7-4-11(8-14(16)20)19(21,22)23;1-14(22(4,16)17)23(18,19)13-9(15)12-8-10-6(20-2)5-7(11-8)21-3/h4-10H,3H2,1-2H3;5H,1-4H3,(H2,10,11,12,13,15). The molecule has 20 nitrogen and oxygen atoms in total. The molecule has 0 aliphatic rings. The molecule has 2 amide bonds. The zero-order valence-electron chi connectivity index (χ0n) is 28.7. The van der Waals surface area contributed by atoms with Crippen LogP contribution in [0.15, 0.2) is 42.5 Å². The largest absolute Gasteiger partial charge is 0.481 e. The number of nitro groups is 1. The van der Waals surface area contributed by atoms with Crippen LogP contribution < -0.4 is 24.2 Å². The van der Waals surface area contributed by atoms with E-state index in [1.54, 1.807) is 6.92 Å². The molecule has 0 aliphatic carbocycles. The number of ether oxygens (including phenoxy) is 5. The van der Waals surface area contributed by atoms with Crippen molar-refractivity contribution in [2.24, 2.45) is 0 Å². The van der Waals surface area contributed by atoms with Crippen LogP contribution in [-0.2, 0) is 40.7 Å². The number of aromatic nitrogens is 2. The Morgan fingerprint density at radius 1 is 1.02 bits per heavy atom. The Labute approximate surface area is 309 Å². The minimum atomic E-state index is -4.61. The van der Waals surface area contributed by atoms with Crippen molar-refractivity contribution in [2.75, 3.05) is 39.4 Å². The number of benzene rings is 2. The third-order valence-corrected chi connectivity index (χ3v) is 9.87. The molecule has 2 aromatic carbocycles. The summed E-state index contributed by atoms with van der Waals surface area (Å²) in [4.78, 5) is 53.6. The monoisotopic (exact) mass is 830 g/mol. The number of hydrogen-bond acceptors (Lipinski definition) is 16. The number of methoxy groups -OCH3 is 2. The van der Waals surface area contributed by atoms with Gasteiger partial charge in [0.2, 0.25) is 27.7 Å². The number of esters is 2. The molecule has 54 heavy (non-hydrogen) atoms. The van der Waals surface area contributed by atoms with E-state index >= 15 is 0 Å². The van der Waals surface area contributed by atoms with E-state index in [4.69, 9.17) is 35.3 Å². The lowest BCUT2D eigenvalue weighted by molar-refractivity contribution is -0.385. The molecule has 0 spiro atoms. The molecule has 1 aromatic heterocycles. The van der Waals surface area contributed by atoms with Crippen molar-refractivity contribution in [3.05, 3.63) is 68.7 Å². The average Bonchev–Trinajstić information content (AvgIpc) is 3.07. The third kappa shape index (κ3) is 12.8. The van der Waals surface area contributed by atoms with Gasteiger partial charge in [0, 0.05) is 19.2 Å². The summed E-state index contributed by atoms with van der Waals surface area (Å²) < 4.78 is 110. The van der Waals surface area contributed by atoms with Crippen LogP contribution in [0.2, 0.25) is 5.02 Å². The van der Waals surface area contributed by atoms with Crippen molar-refractivity contribution in [3.63, 3.8) is 0 Å². The van der Waals surface area contributed by atoms with Crippen LogP contribution in [0.25, 0.3) is 0 Å². The van der Waals surface area contributed by atoms with Crippen LogP contribution in [-0.4, -0.2) is 93.6 Å². The van der Waals surface area contributed by atoms with Crippen LogP contribution in [0.4, 0.5) is 29.6 Å². The van der Waals surface area contributed by atoms with Gasteiger partial charge in [0.05, 0.1) is 48.7 Å². The molecule has 2 N–H and O–H groups in total. The van der Waals surface area contributed by atoms with Crippen molar-refractivity contribution in [3.8, 4) is 23.3 Å². The van der Waals surface area contributed by atoms with Crippen molar-refractivity contribution < 1.29 is 73.0 Å². The molecule has 1 atom stereocenters. The zero-order valence-corrected chi connectivity index (χ0v) is 31.0. The van der Waals surface area contributed by atoms with Gasteiger partial charge in [-0.1, -0.05) is 15.3 Å². The molecule has 0 saturated heterocycles. The molecule has 3 rings (SSSR count). The van der Waals surface area contributed by atoms with Crippen LogP contribution >= 0.6 is 11.6 Å². The highest BCUT2D eigenvalue weighted by Crippen LogP contribution is 2.37. The summed E-state index contributed by atoms with van der Waals surface area (Å²) in [6.07, 6.45) is -5.27. The predicted molar refractivity (Wildman–Crippen MR) is 180 cm³/mol. The summed E-state index contributed by atoms with van der Waals surface area (Å²) in [5, 5.41) is 12.9. The number of carbonyl (C=O) groups is 3. The third-order valence-electron chi connectivity index (χ3n) is 6.12. The summed E-state index contributed by atoms with van der Waals surface area (Å²) in [6.45, 7) is 2.81. The lowest BCUT2D eigenvalue weighted by Crippen LogP contribution is -2.45. The Kier molecular flexibility index (Phi) is 15.3. The van der Waals surface area contributed by atoms with E-state index in [0.29, 0.717) is 12.3 Å². The number of carbonyl (C=O) groups excluding carboxylic acids is 3. The second-order valence-electron chi connectivity index (χ2n) is 9.96. The first kappa shape index (κ1) is 44.6. The van der Waals surface area contributed by atoms with E-state index in [1.807, 2.05) is 5.32 Å². The number of halogens is 4. The molecule has 296 valence electrons. The number of sulfonamides is 1. The molecule has 1 unspecified atom stereocenters. The first-order valence-electron chi connectivity index (χ1n) is 14.4. The average molecular weight is 831 g/mol. The summed E-state index contributed by atoms with van der Waals surface area (Å²) in [6, 6.07) is 5.44. The van der Waals surface area contributed by atoms with Gasteiger partial charge in [-0.25, -0.2) is 27.5 Å². The fourth-order valence-corrected chi connectivity index (χ4v) is 5.65. The SMILES string of the molecule is CCOC(=O)C(C)OC(=O)c1cc(Oc2ccc(C(F)(F)F)cc2Cl)ccc1[N+](=O)[O-].COc1cc(OC)nc(NC(=O)NS(=O)(=O)N(C)S(C)(=O)=O)n1. The Bertz CT molecular complexity index is 2090. The number of nitro benzene ring substituents is 1. The molecule has 0 bridgehead atoms. The molecular weight excluding hydrogens is 801 g/mol. The van der Waals surface area contributed by atoms with Crippen molar-refractivity contribution in [1.82, 2.24) is 18.4 Å².